The van der Waals surface area contributed by atoms with Crippen molar-refractivity contribution in [2.45, 2.75) is 157 Å². The van der Waals surface area contributed by atoms with E-state index in [0.717, 1.165) is 78.7 Å². The number of carbonyl (C=O) groups excluding carboxylic acids is 5. The topological polar surface area (TPSA) is 189 Å². The molecular formula is C49H96N12O6. The summed E-state index contributed by atoms with van der Waals surface area (Å²) in [6, 6.07) is 0.459. The van der Waals surface area contributed by atoms with Gasteiger partial charge >= 0.3 is 0 Å². The third kappa shape index (κ3) is 36.0. The lowest BCUT2D eigenvalue weighted by Crippen LogP contribution is -2.50. The second-order valence-corrected chi connectivity index (χ2v) is 21.9. The molecule has 4 fully saturated rings. The molecule has 5 amide bonds. The van der Waals surface area contributed by atoms with Crippen LogP contribution in [0.3, 0.4) is 0 Å². The Bertz CT molecular complexity index is 1470. The molecule has 5 N–H and O–H groups in total. The molecule has 0 aromatic carbocycles. The lowest BCUT2D eigenvalue weighted by atomic mass is 10.1. The smallest absolute Gasteiger partial charge is 0.240 e. The Morgan fingerprint density at radius 1 is 0.493 bits per heavy atom. The summed E-state index contributed by atoms with van der Waals surface area (Å²) in [6.45, 7) is 40.0. The van der Waals surface area contributed by atoms with Crippen LogP contribution in [0.1, 0.15) is 122 Å². The third-order valence-corrected chi connectivity index (χ3v) is 10.1. The van der Waals surface area contributed by atoms with E-state index in [9.17, 15) is 24.0 Å². The number of likely N-dealkylation sites (N-methyl/N-ethyl adjacent to an activating group) is 1. The summed E-state index contributed by atoms with van der Waals surface area (Å²) in [5, 5.41) is 14.6. The van der Waals surface area contributed by atoms with Crippen LogP contribution < -0.4 is 26.6 Å². The number of morpholine rings is 1. The van der Waals surface area contributed by atoms with E-state index in [1.807, 2.05) is 90.0 Å². The molecular weight excluding hydrogens is 853 g/mol. The Balaban J connectivity index is 0.000000420. The quantitative estimate of drug-likeness (QED) is 0.207. The summed E-state index contributed by atoms with van der Waals surface area (Å²) in [7, 11) is 2.12. The minimum absolute atomic E-state index is 0.0167. The minimum Gasteiger partial charge on any atom is -0.379 e. The van der Waals surface area contributed by atoms with Crippen molar-refractivity contribution < 1.29 is 28.7 Å². The molecule has 388 valence electrons. The van der Waals surface area contributed by atoms with Crippen molar-refractivity contribution in [3.63, 3.8) is 0 Å². The molecule has 0 atom stereocenters. The van der Waals surface area contributed by atoms with Crippen molar-refractivity contribution in [1.29, 1.82) is 0 Å². The maximum Gasteiger partial charge on any atom is 0.240 e. The number of piperazine rings is 1. The van der Waals surface area contributed by atoms with Gasteiger partial charge in [0.15, 0.2) is 0 Å². The first-order chi connectivity index (χ1) is 31.2. The fourth-order valence-corrected chi connectivity index (χ4v) is 7.29. The second-order valence-electron chi connectivity index (χ2n) is 21.9. The lowest BCUT2D eigenvalue weighted by molar-refractivity contribution is -0.125. The predicted octanol–water partition coefficient (Wildman–Crippen LogP) is 2.78. The highest BCUT2D eigenvalue weighted by atomic mass is 16.5. The molecule has 18 heteroatoms. The van der Waals surface area contributed by atoms with Gasteiger partial charge in [0.1, 0.15) is 6.54 Å². The number of nitrogens with zero attached hydrogens (tertiary/aromatic N) is 7. The van der Waals surface area contributed by atoms with Gasteiger partial charge in [0.25, 0.3) is 0 Å². The maximum atomic E-state index is 11.6. The van der Waals surface area contributed by atoms with Crippen LogP contribution in [0, 0.1) is 0 Å². The highest BCUT2D eigenvalue weighted by Gasteiger charge is 2.21. The number of piperidine rings is 1. The van der Waals surface area contributed by atoms with E-state index in [2.05, 4.69) is 63.1 Å². The van der Waals surface area contributed by atoms with Gasteiger partial charge < -0.3 is 40.8 Å². The summed E-state index contributed by atoms with van der Waals surface area (Å²) in [4.78, 5) is 72.1. The van der Waals surface area contributed by atoms with Crippen molar-refractivity contribution in [2.75, 3.05) is 112 Å². The second kappa shape index (κ2) is 32.2. The molecule has 0 aliphatic carbocycles. The lowest BCUT2D eigenvalue weighted by Gasteiger charge is -2.32. The predicted molar refractivity (Wildman–Crippen MR) is 270 cm³/mol. The molecule has 0 unspecified atom stereocenters. The molecule has 0 bridgehead atoms. The Morgan fingerprint density at radius 3 is 1.19 bits per heavy atom. The molecule has 4 aliphatic heterocycles. The monoisotopic (exact) mass is 949 g/mol. The molecule has 5 rings (SSSR count). The summed E-state index contributed by atoms with van der Waals surface area (Å²) >= 11 is 0. The molecule has 0 radical (unpaired) electrons. The highest BCUT2D eigenvalue weighted by molar-refractivity contribution is 5.80. The molecule has 67 heavy (non-hydrogen) atoms. The van der Waals surface area contributed by atoms with Crippen LogP contribution in [-0.2, 0) is 35.3 Å². The van der Waals surface area contributed by atoms with E-state index < -0.39 is 0 Å². The van der Waals surface area contributed by atoms with Crippen LogP contribution in [0.2, 0.25) is 0 Å². The van der Waals surface area contributed by atoms with E-state index in [4.69, 9.17) is 4.74 Å². The standard InChI is InChI=1S/C11H23N3O.C11H22N2O.C10H20N2O2.C9H18N2O.C8H13N3O/c1-11(2,3)12-10(15)9-14-7-5-13(4)6-8-14;1-11(2,3)12-10(14)9-13-7-5-4-6-8-13;1-10(2,3)11-9(13)8-12-4-6-14-7-5-12;1-8(2)10-9(12)7-11-5-3-4-6-11;1-7(2)10-8(12)5-11-4-3-9-6-11/h5-9H2,1-4H3,(H,12,15);4-9H2,1-3H3,(H,12,14);4-8H2,1-3H3,(H,11,13);8H,3-7H2,1-2H3,(H,10,12);3-4,6-7H,5H2,1-2H3,(H,10,12). The van der Waals surface area contributed by atoms with Crippen LogP contribution in [0.25, 0.3) is 0 Å². The molecule has 0 saturated carbocycles. The van der Waals surface area contributed by atoms with Crippen molar-refractivity contribution in [3.8, 4) is 0 Å². The summed E-state index contributed by atoms with van der Waals surface area (Å²) in [5.74, 6) is 0.556. The van der Waals surface area contributed by atoms with Crippen LogP contribution in [0.5, 0.6) is 0 Å². The van der Waals surface area contributed by atoms with Crippen molar-refractivity contribution in [2.24, 2.45) is 0 Å². The molecule has 18 nitrogen and oxygen atoms in total. The molecule has 4 aliphatic rings. The van der Waals surface area contributed by atoms with E-state index in [1.165, 1.54) is 32.1 Å². The number of carbonyl (C=O) groups is 5. The summed E-state index contributed by atoms with van der Waals surface area (Å²) < 4.78 is 6.94. The van der Waals surface area contributed by atoms with Crippen LogP contribution in [0.4, 0.5) is 0 Å². The number of amides is 5. The Labute approximate surface area is 405 Å². The molecule has 0 spiro atoms. The fraction of sp³-hybridized carbons (Fsp3) is 0.837. The van der Waals surface area contributed by atoms with Crippen molar-refractivity contribution >= 4 is 29.5 Å². The van der Waals surface area contributed by atoms with E-state index >= 15 is 0 Å². The first kappa shape index (κ1) is 61.3. The van der Waals surface area contributed by atoms with Crippen LogP contribution in [0.15, 0.2) is 18.7 Å². The number of likely N-dealkylation sites (tertiary alicyclic amines) is 2. The van der Waals surface area contributed by atoms with Gasteiger partial charge in [-0.3, -0.25) is 43.6 Å². The van der Waals surface area contributed by atoms with Gasteiger partial charge in [-0.15, -0.1) is 0 Å². The van der Waals surface area contributed by atoms with Gasteiger partial charge in [0.05, 0.1) is 45.7 Å². The average Bonchev–Trinajstić information content (AvgIpc) is 3.90. The van der Waals surface area contributed by atoms with Crippen LogP contribution >= 0.6 is 0 Å². The number of hydrogen-bond donors (Lipinski definition) is 5. The average molecular weight is 949 g/mol. The summed E-state index contributed by atoms with van der Waals surface area (Å²) in [6.07, 6.45) is 11.3. The Morgan fingerprint density at radius 2 is 0.836 bits per heavy atom. The Kier molecular flexibility index (Phi) is 29.5. The zero-order chi connectivity index (χ0) is 50.6. The third-order valence-electron chi connectivity index (χ3n) is 10.1. The zero-order valence-corrected chi connectivity index (χ0v) is 44.5. The summed E-state index contributed by atoms with van der Waals surface area (Å²) in [5.41, 5.74) is -0.361. The number of ether oxygens (including phenoxy) is 1. The van der Waals surface area contributed by atoms with Crippen molar-refractivity contribution in [3.05, 3.63) is 18.7 Å². The largest absolute Gasteiger partial charge is 0.379 e. The number of imidazole rings is 1. The number of rotatable bonds is 12. The van der Waals surface area contributed by atoms with Gasteiger partial charge in [-0.2, -0.15) is 0 Å². The first-order valence-electron chi connectivity index (χ1n) is 24.8. The van der Waals surface area contributed by atoms with Gasteiger partial charge in [-0.05, 0) is 149 Å². The number of hydrogen-bond acceptors (Lipinski definition) is 12. The van der Waals surface area contributed by atoms with Gasteiger partial charge in [-0.1, -0.05) is 6.42 Å². The SMILES string of the molecule is CC(C)(C)NC(=O)CN1CCCCC1.CC(C)(C)NC(=O)CN1CCOCC1.CC(C)NC(=O)CN1CCCC1.CC(C)NC(=O)Cn1ccnc1.CN1CCN(CC(=O)NC(C)(C)C)CC1. The normalized spacial score (nSPS) is 17.8. The van der Waals surface area contributed by atoms with Gasteiger partial charge in [-0.25, -0.2) is 4.98 Å². The molecule has 1 aromatic heterocycles. The molecule has 4 saturated heterocycles. The molecule has 1 aromatic rings. The van der Waals surface area contributed by atoms with Crippen LogP contribution in [-0.4, -0.2) is 204 Å². The zero-order valence-electron chi connectivity index (χ0n) is 44.5. The van der Waals surface area contributed by atoms with Gasteiger partial charge in [0.2, 0.25) is 29.5 Å². The van der Waals surface area contributed by atoms with Crippen molar-refractivity contribution in [1.82, 2.24) is 60.6 Å². The minimum atomic E-state index is -0.136. The van der Waals surface area contributed by atoms with E-state index in [1.54, 1.807) is 23.3 Å². The highest BCUT2D eigenvalue weighted by Crippen LogP contribution is 2.09. The van der Waals surface area contributed by atoms with E-state index in [-0.39, 0.29) is 58.2 Å². The van der Waals surface area contributed by atoms with E-state index in [0.29, 0.717) is 32.7 Å². The number of aromatic nitrogens is 2. The molecule has 5 heterocycles. The first-order valence-corrected chi connectivity index (χ1v) is 24.8. The van der Waals surface area contributed by atoms with Gasteiger partial charge in [0, 0.05) is 80.4 Å². The fourth-order valence-electron chi connectivity index (χ4n) is 7.29. The maximum absolute atomic E-state index is 11.6. The Hall–Kier alpha value is -3.68. The number of nitrogens with one attached hydrogen (secondary N) is 5.